The van der Waals surface area contributed by atoms with Gasteiger partial charge >= 0.3 is 0 Å². The molecule has 2 aromatic carbocycles. The molecule has 0 atom stereocenters. The molecule has 0 radical (unpaired) electrons. The third-order valence-electron chi connectivity index (χ3n) is 4.01. The molecule has 0 saturated heterocycles. The molecule has 0 unspecified atom stereocenters. The minimum atomic E-state index is -0.580. The number of aryl methyl sites for hydroxylation is 1. The first-order chi connectivity index (χ1) is 13.5. The van der Waals surface area contributed by atoms with Crippen LogP contribution in [-0.2, 0) is 6.42 Å². The number of amides is 2. The van der Waals surface area contributed by atoms with Gasteiger partial charge in [-0.2, -0.15) is 0 Å². The highest BCUT2D eigenvalue weighted by Gasteiger charge is 2.13. The van der Waals surface area contributed by atoms with Crippen molar-refractivity contribution in [3.63, 3.8) is 0 Å². The Hall–Kier alpha value is -3.25. The molecule has 0 bridgehead atoms. The highest BCUT2D eigenvalue weighted by atomic mass is 35.5. The Morgan fingerprint density at radius 2 is 1.50 bits per heavy atom. The zero-order chi connectivity index (χ0) is 20.1. The first-order valence-corrected chi connectivity index (χ1v) is 8.98. The van der Waals surface area contributed by atoms with Crippen LogP contribution in [0.2, 0.25) is 5.02 Å². The largest absolute Gasteiger partial charge is 0.321 e. The van der Waals surface area contributed by atoms with E-state index < -0.39 is 17.6 Å². The molecule has 142 valence electrons. The highest BCUT2D eigenvalue weighted by molar-refractivity contribution is 6.31. The van der Waals surface area contributed by atoms with E-state index in [1.54, 1.807) is 6.07 Å². The fraction of sp³-hybridized carbons (Fsp3) is 0.0952. The molecule has 0 aliphatic heterocycles. The van der Waals surface area contributed by atoms with Gasteiger partial charge in [0, 0.05) is 11.4 Å². The van der Waals surface area contributed by atoms with E-state index in [0.29, 0.717) is 11.4 Å². The molecule has 3 aromatic rings. The van der Waals surface area contributed by atoms with E-state index in [0.717, 1.165) is 18.1 Å². The Labute approximate surface area is 166 Å². The van der Waals surface area contributed by atoms with Crippen molar-refractivity contribution in [1.29, 1.82) is 0 Å². The molecule has 5 nitrogen and oxygen atoms in total. The number of hydrogen-bond donors (Lipinski definition) is 2. The average molecular weight is 398 g/mol. The van der Waals surface area contributed by atoms with E-state index in [1.807, 2.05) is 31.2 Å². The van der Waals surface area contributed by atoms with Gasteiger partial charge in [0.15, 0.2) is 0 Å². The van der Waals surface area contributed by atoms with Gasteiger partial charge in [0.2, 0.25) is 0 Å². The number of nitrogens with one attached hydrogen (secondary N) is 2. The third kappa shape index (κ3) is 4.72. The van der Waals surface area contributed by atoms with Crippen molar-refractivity contribution in [2.45, 2.75) is 13.3 Å². The number of aromatic nitrogens is 1. The second kappa shape index (κ2) is 8.63. The van der Waals surface area contributed by atoms with Crippen molar-refractivity contribution >= 4 is 34.8 Å². The van der Waals surface area contributed by atoms with Crippen LogP contribution in [0.5, 0.6) is 0 Å². The maximum Gasteiger partial charge on any atom is 0.274 e. The number of carbonyl (C=O) groups excluding carboxylic acids is 2. The number of halogens is 2. The van der Waals surface area contributed by atoms with Crippen molar-refractivity contribution in [3.8, 4) is 0 Å². The third-order valence-corrected chi connectivity index (χ3v) is 4.30. The molecule has 28 heavy (non-hydrogen) atoms. The molecule has 0 aliphatic rings. The zero-order valence-corrected chi connectivity index (χ0v) is 15.8. The number of hydrogen-bond acceptors (Lipinski definition) is 3. The fourth-order valence-electron chi connectivity index (χ4n) is 2.48. The first-order valence-electron chi connectivity index (χ1n) is 8.60. The number of pyridine rings is 1. The summed E-state index contributed by atoms with van der Waals surface area (Å²) in [7, 11) is 0. The quantitative estimate of drug-likeness (QED) is 0.640. The lowest BCUT2D eigenvalue weighted by Crippen LogP contribution is -2.18. The Bertz CT molecular complexity index is 1020. The molecule has 2 N–H and O–H groups in total. The summed E-state index contributed by atoms with van der Waals surface area (Å²) in [4.78, 5) is 28.9. The van der Waals surface area contributed by atoms with Crippen LogP contribution in [0.1, 0.15) is 33.5 Å². The predicted octanol–water partition coefficient (Wildman–Crippen LogP) is 4.94. The van der Waals surface area contributed by atoms with E-state index in [9.17, 15) is 14.0 Å². The van der Waals surface area contributed by atoms with Crippen molar-refractivity contribution in [3.05, 3.63) is 88.5 Å². The van der Waals surface area contributed by atoms with Gasteiger partial charge in [0.25, 0.3) is 11.8 Å². The topological polar surface area (TPSA) is 71.1 Å². The summed E-state index contributed by atoms with van der Waals surface area (Å²) < 4.78 is 13.2. The van der Waals surface area contributed by atoms with Crippen molar-refractivity contribution in [1.82, 2.24) is 4.98 Å². The van der Waals surface area contributed by atoms with E-state index >= 15 is 0 Å². The van der Waals surface area contributed by atoms with Gasteiger partial charge in [-0.3, -0.25) is 9.59 Å². The van der Waals surface area contributed by atoms with Gasteiger partial charge in [0.05, 0.1) is 5.02 Å². The zero-order valence-electron chi connectivity index (χ0n) is 15.0. The number of carbonyl (C=O) groups is 2. The highest BCUT2D eigenvalue weighted by Crippen LogP contribution is 2.20. The summed E-state index contributed by atoms with van der Waals surface area (Å²) in [5, 5.41) is 5.21. The van der Waals surface area contributed by atoms with Gasteiger partial charge < -0.3 is 10.6 Å². The predicted molar refractivity (Wildman–Crippen MR) is 107 cm³/mol. The van der Waals surface area contributed by atoms with Crippen molar-refractivity contribution < 1.29 is 14.0 Å². The number of anilines is 2. The Morgan fingerprint density at radius 1 is 0.929 bits per heavy atom. The van der Waals surface area contributed by atoms with Crippen LogP contribution in [0, 0.1) is 5.82 Å². The summed E-state index contributed by atoms with van der Waals surface area (Å²) in [5.41, 5.74) is 2.28. The minimum Gasteiger partial charge on any atom is -0.321 e. The van der Waals surface area contributed by atoms with Gasteiger partial charge in [-0.1, -0.05) is 36.7 Å². The van der Waals surface area contributed by atoms with E-state index in [-0.39, 0.29) is 16.4 Å². The van der Waals surface area contributed by atoms with Crippen LogP contribution in [0.25, 0.3) is 0 Å². The molecular formula is C21H17ClFN3O2. The standard InChI is InChI=1S/C21H17ClFN3O2/c1-2-13-6-8-14(9-7-13)24-20(27)18-4-3-5-19(26-18)21(28)25-15-10-11-17(23)16(22)12-15/h3-12H,2H2,1H3,(H,24,27)(H,25,28). The van der Waals surface area contributed by atoms with Gasteiger partial charge in [-0.15, -0.1) is 0 Å². The van der Waals surface area contributed by atoms with Crippen LogP contribution in [0.4, 0.5) is 15.8 Å². The monoisotopic (exact) mass is 397 g/mol. The maximum atomic E-state index is 13.2. The molecule has 2 amide bonds. The lowest BCUT2D eigenvalue weighted by atomic mass is 10.1. The van der Waals surface area contributed by atoms with E-state index in [4.69, 9.17) is 11.6 Å². The molecule has 1 aromatic heterocycles. The van der Waals surface area contributed by atoms with Crippen LogP contribution < -0.4 is 10.6 Å². The van der Waals surface area contributed by atoms with E-state index in [2.05, 4.69) is 15.6 Å². The SMILES string of the molecule is CCc1ccc(NC(=O)c2cccc(C(=O)Nc3ccc(F)c(Cl)c3)n2)cc1. The van der Waals surface area contributed by atoms with Crippen LogP contribution in [0.3, 0.4) is 0 Å². The lowest BCUT2D eigenvalue weighted by molar-refractivity contribution is 0.101. The molecule has 0 saturated carbocycles. The summed E-state index contributed by atoms with van der Waals surface area (Å²) in [6, 6.07) is 15.9. The summed E-state index contributed by atoms with van der Waals surface area (Å²) >= 11 is 5.71. The lowest BCUT2D eigenvalue weighted by Gasteiger charge is -2.08. The Balaban J connectivity index is 1.72. The number of benzene rings is 2. The molecular weight excluding hydrogens is 381 g/mol. The van der Waals surface area contributed by atoms with Gasteiger partial charge in [0.1, 0.15) is 17.2 Å². The van der Waals surface area contributed by atoms with E-state index in [1.165, 1.54) is 24.3 Å². The second-order valence-corrected chi connectivity index (χ2v) is 6.40. The first kappa shape index (κ1) is 19.5. The Morgan fingerprint density at radius 3 is 2.07 bits per heavy atom. The van der Waals surface area contributed by atoms with Gasteiger partial charge in [-0.25, -0.2) is 9.37 Å². The molecule has 0 aliphatic carbocycles. The molecule has 0 spiro atoms. The minimum absolute atomic E-state index is 0.0504. The molecule has 3 rings (SSSR count). The number of nitrogens with zero attached hydrogens (tertiary/aromatic N) is 1. The molecule has 1 heterocycles. The van der Waals surface area contributed by atoms with Gasteiger partial charge in [-0.05, 0) is 54.4 Å². The summed E-state index contributed by atoms with van der Waals surface area (Å²) in [5.74, 6) is -1.54. The Kier molecular flexibility index (Phi) is 6.01. The molecule has 7 heteroatoms. The summed E-state index contributed by atoms with van der Waals surface area (Å²) in [6.45, 7) is 2.05. The van der Waals surface area contributed by atoms with Crippen LogP contribution >= 0.6 is 11.6 Å². The molecule has 0 fully saturated rings. The summed E-state index contributed by atoms with van der Waals surface area (Å²) in [6.07, 6.45) is 0.909. The van der Waals surface area contributed by atoms with Crippen molar-refractivity contribution in [2.75, 3.05) is 10.6 Å². The smallest absolute Gasteiger partial charge is 0.274 e. The van der Waals surface area contributed by atoms with Crippen LogP contribution in [0.15, 0.2) is 60.7 Å². The number of rotatable bonds is 5. The van der Waals surface area contributed by atoms with Crippen LogP contribution in [-0.4, -0.2) is 16.8 Å². The average Bonchev–Trinajstić information content (AvgIpc) is 2.71. The maximum absolute atomic E-state index is 13.2. The van der Waals surface area contributed by atoms with Crippen molar-refractivity contribution in [2.24, 2.45) is 0 Å². The normalized spacial score (nSPS) is 10.4. The fourth-order valence-corrected chi connectivity index (χ4v) is 2.66. The second-order valence-electron chi connectivity index (χ2n) is 6.00.